The summed E-state index contributed by atoms with van der Waals surface area (Å²) in [7, 11) is 0. The lowest BCUT2D eigenvalue weighted by atomic mass is 9.99. The highest BCUT2D eigenvalue weighted by molar-refractivity contribution is 6.31. The zero-order valence-corrected chi connectivity index (χ0v) is 15.1. The molecule has 0 saturated heterocycles. The monoisotopic (exact) mass is 363 g/mol. The van der Waals surface area contributed by atoms with Crippen LogP contribution >= 0.6 is 11.6 Å². The summed E-state index contributed by atoms with van der Waals surface area (Å²) in [5, 5.41) is 24.3. The SMILES string of the molecule is CC(=O)N1CCc2c(c(-c3ccc(Cl)c(C)c3)nn2C[C@@H](O)CO)C1. The number of halogens is 1. The van der Waals surface area contributed by atoms with E-state index in [0.29, 0.717) is 24.5 Å². The van der Waals surface area contributed by atoms with Gasteiger partial charge in [-0.05, 0) is 24.6 Å². The average Bonchev–Trinajstić information content (AvgIpc) is 2.95. The smallest absolute Gasteiger partial charge is 0.219 e. The molecule has 1 aromatic heterocycles. The van der Waals surface area contributed by atoms with Gasteiger partial charge in [0.15, 0.2) is 0 Å². The molecule has 25 heavy (non-hydrogen) atoms. The zero-order chi connectivity index (χ0) is 18.1. The molecule has 1 aliphatic heterocycles. The number of hydrogen-bond donors (Lipinski definition) is 2. The van der Waals surface area contributed by atoms with Gasteiger partial charge in [-0.15, -0.1) is 0 Å². The lowest BCUT2D eigenvalue weighted by molar-refractivity contribution is -0.129. The molecule has 1 atom stereocenters. The Labute approximate surface area is 151 Å². The predicted octanol–water partition coefficient (Wildman–Crippen LogP) is 1.77. The third-order valence-corrected chi connectivity index (χ3v) is 5.03. The van der Waals surface area contributed by atoms with E-state index in [1.807, 2.05) is 25.1 Å². The van der Waals surface area contributed by atoms with Crippen molar-refractivity contribution in [3.8, 4) is 11.3 Å². The van der Waals surface area contributed by atoms with E-state index in [-0.39, 0.29) is 19.1 Å². The van der Waals surface area contributed by atoms with Gasteiger partial charge in [-0.3, -0.25) is 9.48 Å². The normalized spacial score (nSPS) is 15.2. The number of carbonyl (C=O) groups is 1. The van der Waals surface area contributed by atoms with Gasteiger partial charge in [0.25, 0.3) is 0 Å². The van der Waals surface area contributed by atoms with Crippen LogP contribution < -0.4 is 0 Å². The molecule has 134 valence electrons. The summed E-state index contributed by atoms with van der Waals surface area (Å²) in [5.41, 5.74) is 4.68. The molecular formula is C18H22ClN3O3. The van der Waals surface area contributed by atoms with E-state index in [2.05, 4.69) is 5.10 Å². The molecule has 2 aromatic rings. The van der Waals surface area contributed by atoms with Crippen molar-refractivity contribution in [1.82, 2.24) is 14.7 Å². The van der Waals surface area contributed by atoms with Gasteiger partial charge in [-0.2, -0.15) is 5.10 Å². The molecule has 1 amide bonds. The minimum absolute atomic E-state index is 0.0343. The van der Waals surface area contributed by atoms with E-state index < -0.39 is 6.10 Å². The van der Waals surface area contributed by atoms with Crippen LogP contribution in [0.1, 0.15) is 23.7 Å². The van der Waals surface area contributed by atoms with E-state index in [4.69, 9.17) is 16.7 Å². The van der Waals surface area contributed by atoms with E-state index in [1.165, 1.54) is 0 Å². The first-order valence-corrected chi connectivity index (χ1v) is 8.68. The molecule has 0 bridgehead atoms. The fourth-order valence-electron chi connectivity index (χ4n) is 3.19. The largest absolute Gasteiger partial charge is 0.394 e. The maximum absolute atomic E-state index is 11.8. The van der Waals surface area contributed by atoms with Crippen molar-refractivity contribution in [3.63, 3.8) is 0 Å². The van der Waals surface area contributed by atoms with E-state index >= 15 is 0 Å². The van der Waals surface area contributed by atoms with Gasteiger partial charge in [0.1, 0.15) is 0 Å². The topological polar surface area (TPSA) is 78.6 Å². The number of aryl methyl sites for hydroxylation is 1. The van der Waals surface area contributed by atoms with Crippen molar-refractivity contribution >= 4 is 17.5 Å². The predicted molar refractivity (Wildman–Crippen MR) is 95.3 cm³/mol. The number of aliphatic hydroxyl groups is 2. The van der Waals surface area contributed by atoms with Crippen molar-refractivity contribution in [2.24, 2.45) is 0 Å². The molecule has 7 heteroatoms. The third kappa shape index (κ3) is 3.56. The highest BCUT2D eigenvalue weighted by atomic mass is 35.5. The van der Waals surface area contributed by atoms with Crippen LogP contribution in [-0.4, -0.2) is 50.1 Å². The molecule has 0 spiro atoms. The van der Waals surface area contributed by atoms with Crippen LogP contribution in [0.3, 0.4) is 0 Å². The van der Waals surface area contributed by atoms with Gasteiger partial charge in [-0.1, -0.05) is 17.7 Å². The van der Waals surface area contributed by atoms with Gasteiger partial charge >= 0.3 is 0 Å². The standard InChI is InChI=1S/C18H22ClN3O3/c1-11-7-13(3-4-16(11)19)18-15-9-21(12(2)24)6-5-17(15)22(20-18)8-14(25)10-23/h3-4,7,14,23,25H,5-6,8-10H2,1-2H3/t14-/m1/s1. The Morgan fingerprint density at radius 1 is 1.44 bits per heavy atom. The van der Waals surface area contributed by atoms with Crippen LogP contribution in [-0.2, 0) is 24.3 Å². The number of carbonyl (C=O) groups excluding carboxylic acids is 1. The van der Waals surface area contributed by atoms with Crippen molar-refractivity contribution in [1.29, 1.82) is 0 Å². The second kappa shape index (κ2) is 7.15. The van der Waals surface area contributed by atoms with Crippen LogP contribution in [0.25, 0.3) is 11.3 Å². The van der Waals surface area contributed by atoms with Crippen LogP contribution in [0.4, 0.5) is 0 Å². The van der Waals surface area contributed by atoms with Gasteiger partial charge in [-0.25, -0.2) is 0 Å². The molecule has 6 nitrogen and oxygen atoms in total. The van der Waals surface area contributed by atoms with Crippen molar-refractivity contribution in [2.45, 2.75) is 39.5 Å². The van der Waals surface area contributed by atoms with E-state index in [9.17, 15) is 9.90 Å². The summed E-state index contributed by atoms with van der Waals surface area (Å²) in [6.07, 6.45) is -0.193. The summed E-state index contributed by atoms with van der Waals surface area (Å²) in [6, 6.07) is 5.73. The number of aliphatic hydroxyl groups excluding tert-OH is 2. The number of benzene rings is 1. The Morgan fingerprint density at radius 2 is 2.20 bits per heavy atom. The number of amides is 1. The molecule has 0 aliphatic carbocycles. The molecule has 1 aromatic carbocycles. The molecular weight excluding hydrogens is 342 g/mol. The van der Waals surface area contributed by atoms with Gasteiger partial charge in [0.05, 0.1) is 24.9 Å². The van der Waals surface area contributed by atoms with Crippen LogP contribution in [0.15, 0.2) is 18.2 Å². The second-order valence-corrected chi connectivity index (χ2v) is 6.85. The van der Waals surface area contributed by atoms with Crippen LogP contribution in [0, 0.1) is 6.92 Å². The van der Waals surface area contributed by atoms with E-state index in [0.717, 1.165) is 28.1 Å². The Bertz CT molecular complexity index is 803. The van der Waals surface area contributed by atoms with Crippen molar-refractivity contribution in [2.75, 3.05) is 13.2 Å². The highest BCUT2D eigenvalue weighted by Gasteiger charge is 2.27. The van der Waals surface area contributed by atoms with Crippen LogP contribution in [0.2, 0.25) is 5.02 Å². The average molecular weight is 364 g/mol. The molecule has 0 fully saturated rings. The summed E-state index contributed by atoms with van der Waals surface area (Å²) >= 11 is 6.13. The number of hydrogen-bond acceptors (Lipinski definition) is 4. The van der Waals surface area contributed by atoms with Crippen molar-refractivity contribution in [3.05, 3.63) is 40.0 Å². The minimum Gasteiger partial charge on any atom is -0.394 e. The van der Waals surface area contributed by atoms with Gasteiger partial charge in [0, 0.05) is 48.3 Å². The fourth-order valence-corrected chi connectivity index (χ4v) is 3.31. The van der Waals surface area contributed by atoms with Gasteiger partial charge in [0.2, 0.25) is 5.91 Å². The van der Waals surface area contributed by atoms with Crippen molar-refractivity contribution < 1.29 is 15.0 Å². The third-order valence-electron chi connectivity index (χ3n) is 4.61. The summed E-state index contributed by atoms with van der Waals surface area (Å²) in [4.78, 5) is 13.6. The number of rotatable bonds is 4. The number of aromatic nitrogens is 2. The Hall–Kier alpha value is -1.89. The first-order valence-electron chi connectivity index (χ1n) is 8.30. The Morgan fingerprint density at radius 3 is 2.84 bits per heavy atom. The first kappa shape index (κ1) is 17.9. The summed E-state index contributed by atoms with van der Waals surface area (Å²) < 4.78 is 1.76. The number of nitrogens with zero attached hydrogens (tertiary/aromatic N) is 3. The van der Waals surface area contributed by atoms with Crippen LogP contribution in [0.5, 0.6) is 0 Å². The lowest BCUT2D eigenvalue weighted by Gasteiger charge is -2.27. The lowest BCUT2D eigenvalue weighted by Crippen LogP contribution is -2.35. The highest BCUT2D eigenvalue weighted by Crippen LogP contribution is 2.32. The van der Waals surface area contributed by atoms with E-state index in [1.54, 1.807) is 16.5 Å². The summed E-state index contributed by atoms with van der Waals surface area (Å²) in [6.45, 7) is 4.54. The first-order chi connectivity index (χ1) is 11.9. The molecule has 3 rings (SSSR count). The zero-order valence-electron chi connectivity index (χ0n) is 14.4. The Balaban J connectivity index is 2.07. The maximum Gasteiger partial charge on any atom is 0.219 e. The molecule has 2 heterocycles. The second-order valence-electron chi connectivity index (χ2n) is 6.45. The molecule has 0 unspecified atom stereocenters. The summed E-state index contributed by atoms with van der Waals surface area (Å²) in [5.74, 6) is 0.0343. The van der Waals surface area contributed by atoms with Gasteiger partial charge < -0.3 is 15.1 Å². The maximum atomic E-state index is 11.8. The minimum atomic E-state index is -0.866. The number of fused-ring (bicyclic) bond motifs is 1. The molecule has 2 N–H and O–H groups in total. The molecule has 0 saturated carbocycles. The Kier molecular flexibility index (Phi) is 5.13. The fraction of sp³-hybridized carbons (Fsp3) is 0.444. The quantitative estimate of drug-likeness (QED) is 0.867. The molecule has 1 aliphatic rings. The molecule has 0 radical (unpaired) electrons.